The number of nitrogens with two attached hydrogens (primary N) is 1. The maximum absolute atomic E-state index is 12.4. The molecule has 0 fully saturated rings. The first-order valence-corrected chi connectivity index (χ1v) is 8.69. The van der Waals surface area contributed by atoms with Crippen molar-refractivity contribution in [2.24, 2.45) is 5.73 Å². The van der Waals surface area contributed by atoms with E-state index in [-0.39, 0.29) is 11.8 Å². The van der Waals surface area contributed by atoms with Crippen LogP contribution in [0.5, 0.6) is 0 Å². The van der Waals surface area contributed by atoms with Crippen molar-refractivity contribution in [2.75, 3.05) is 13.1 Å². The Morgan fingerprint density at radius 3 is 2.39 bits per heavy atom. The molecule has 0 saturated heterocycles. The average Bonchev–Trinajstić information content (AvgIpc) is 3.05. The standard InChI is InChI=1S/C17H30N4O2/c1-2-3-5-8-16(22)21(12-10-15-13-19-14-20-15)17(23)9-6-4-7-11-18/h13-14H,2-12,18H2,1H3,(H,19,20). The van der Waals surface area contributed by atoms with Gasteiger partial charge in [-0.15, -0.1) is 0 Å². The maximum Gasteiger partial charge on any atom is 0.229 e. The molecule has 1 aromatic heterocycles. The number of imide groups is 1. The fraction of sp³-hybridized carbons (Fsp3) is 0.706. The van der Waals surface area contributed by atoms with Crippen LogP contribution in [0.4, 0.5) is 0 Å². The van der Waals surface area contributed by atoms with Gasteiger partial charge < -0.3 is 10.7 Å². The minimum absolute atomic E-state index is 0.0539. The van der Waals surface area contributed by atoms with Crippen LogP contribution in [0.25, 0.3) is 0 Å². The number of rotatable bonds is 12. The third-order valence-electron chi connectivity index (χ3n) is 3.85. The van der Waals surface area contributed by atoms with Crippen LogP contribution in [0.2, 0.25) is 0 Å². The zero-order valence-electron chi connectivity index (χ0n) is 14.2. The predicted octanol–water partition coefficient (Wildman–Crippen LogP) is 2.41. The van der Waals surface area contributed by atoms with Crippen LogP contribution in [0.15, 0.2) is 12.5 Å². The molecule has 0 aliphatic carbocycles. The molecule has 6 heteroatoms. The number of aromatic nitrogens is 2. The van der Waals surface area contributed by atoms with Crippen molar-refractivity contribution < 1.29 is 9.59 Å². The minimum Gasteiger partial charge on any atom is -0.348 e. The molecule has 3 N–H and O–H groups in total. The molecule has 0 spiro atoms. The second-order valence-electron chi connectivity index (χ2n) is 5.82. The lowest BCUT2D eigenvalue weighted by Crippen LogP contribution is -2.38. The molecular formula is C17H30N4O2. The largest absolute Gasteiger partial charge is 0.348 e. The molecule has 0 atom stereocenters. The number of imidazole rings is 1. The van der Waals surface area contributed by atoms with Gasteiger partial charge in [0.25, 0.3) is 0 Å². The summed E-state index contributed by atoms with van der Waals surface area (Å²) in [6, 6.07) is 0. The van der Waals surface area contributed by atoms with E-state index in [9.17, 15) is 9.59 Å². The highest BCUT2D eigenvalue weighted by atomic mass is 16.2. The summed E-state index contributed by atoms with van der Waals surface area (Å²) in [7, 11) is 0. The fourth-order valence-electron chi connectivity index (χ4n) is 2.44. The number of carbonyl (C=O) groups is 2. The number of unbranched alkanes of at least 4 members (excludes halogenated alkanes) is 4. The highest BCUT2D eigenvalue weighted by Crippen LogP contribution is 2.09. The molecule has 0 bridgehead atoms. The monoisotopic (exact) mass is 322 g/mol. The van der Waals surface area contributed by atoms with Crippen LogP contribution in [-0.2, 0) is 16.0 Å². The molecule has 0 radical (unpaired) electrons. The van der Waals surface area contributed by atoms with Crippen LogP contribution in [-0.4, -0.2) is 39.8 Å². The van der Waals surface area contributed by atoms with Crippen LogP contribution in [0.3, 0.4) is 0 Å². The van der Waals surface area contributed by atoms with Crippen LogP contribution >= 0.6 is 0 Å². The molecule has 2 amide bonds. The summed E-state index contributed by atoms with van der Waals surface area (Å²) in [6.07, 6.45) is 10.4. The van der Waals surface area contributed by atoms with Gasteiger partial charge in [0.2, 0.25) is 11.8 Å². The number of H-pyrrole nitrogens is 1. The Morgan fingerprint density at radius 2 is 1.83 bits per heavy atom. The average molecular weight is 322 g/mol. The highest BCUT2D eigenvalue weighted by Gasteiger charge is 2.20. The van der Waals surface area contributed by atoms with E-state index in [1.54, 1.807) is 12.5 Å². The van der Waals surface area contributed by atoms with Crippen LogP contribution in [0, 0.1) is 0 Å². The number of hydrogen-bond donors (Lipinski definition) is 2. The summed E-state index contributed by atoms with van der Waals surface area (Å²) >= 11 is 0. The fourth-order valence-corrected chi connectivity index (χ4v) is 2.44. The lowest BCUT2D eigenvalue weighted by molar-refractivity contribution is -0.145. The lowest BCUT2D eigenvalue weighted by Gasteiger charge is -2.21. The third-order valence-corrected chi connectivity index (χ3v) is 3.85. The van der Waals surface area contributed by atoms with Gasteiger partial charge in [-0.05, 0) is 25.8 Å². The van der Waals surface area contributed by atoms with E-state index in [0.717, 1.165) is 44.2 Å². The first kappa shape index (κ1) is 19.4. The topological polar surface area (TPSA) is 92.1 Å². The van der Waals surface area contributed by atoms with E-state index in [4.69, 9.17) is 5.73 Å². The van der Waals surface area contributed by atoms with Crippen molar-refractivity contribution in [1.29, 1.82) is 0 Å². The summed E-state index contributed by atoms with van der Waals surface area (Å²) in [4.78, 5) is 33.2. The van der Waals surface area contributed by atoms with Gasteiger partial charge in [0.1, 0.15) is 0 Å². The first-order valence-electron chi connectivity index (χ1n) is 8.69. The number of aromatic amines is 1. The van der Waals surface area contributed by atoms with Gasteiger partial charge in [-0.1, -0.05) is 26.2 Å². The highest BCUT2D eigenvalue weighted by molar-refractivity contribution is 5.95. The quantitative estimate of drug-likeness (QED) is 0.578. The molecule has 0 aromatic carbocycles. The summed E-state index contributed by atoms with van der Waals surface area (Å²) in [6.45, 7) is 3.17. The summed E-state index contributed by atoms with van der Waals surface area (Å²) in [5.74, 6) is -0.121. The van der Waals surface area contributed by atoms with Gasteiger partial charge in [0.05, 0.1) is 6.33 Å². The Bertz CT molecular complexity index is 445. The van der Waals surface area contributed by atoms with Crippen molar-refractivity contribution in [3.63, 3.8) is 0 Å². The zero-order chi connectivity index (χ0) is 16.9. The van der Waals surface area contributed by atoms with E-state index in [0.29, 0.717) is 32.4 Å². The third kappa shape index (κ3) is 7.93. The second-order valence-corrected chi connectivity index (χ2v) is 5.82. The molecule has 1 rings (SSSR count). The Labute approximate surface area is 138 Å². The van der Waals surface area contributed by atoms with E-state index in [2.05, 4.69) is 16.9 Å². The zero-order valence-corrected chi connectivity index (χ0v) is 14.2. The van der Waals surface area contributed by atoms with E-state index >= 15 is 0 Å². The second kappa shape index (κ2) is 11.8. The SMILES string of the molecule is CCCCCC(=O)N(CCc1cnc[nH]1)C(=O)CCCCCN. The Morgan fingerprint density at radius 1 is 1.13 bits per heavy atom. The molecule has 6 nitrogen and oxygen atoms in total. The van der Waals surface area contributed by atoms with Crippen molar-refractivity contribution >= 4 is 11.8 Å². The van der Waals surface area contributed by atoms with Crippen molar-refractivity contribution in [3.8, 4) is 0 Å². The Kier molecular flexibility index (Phi) is 9.95. The van der Waals surface area contributed by atoms with Gasteiger partial charge in [-0.25, -0.2) is 4.98 Å². The maximum atomic E-state index is 12.4. The van der Waals surface area contributed by atoms with Crippen molar-refractivity contribution in [3.05, 3.63) is 18.2 Å². The van der Waals surface area contributed by atoms with Gasteiger partial charge in [-0.2, -0.15) is 0 Å². The number of amides is 2. The normalized spacial score (nSPS) is 10.7. The van der Waals surface area contributed by atoms with E-state index < -0.39 is 0 Å². The first-order chi connectivity index (χ1) is 11.2. The number of carbonyl (C=O) groups excluding carboxylic acids is 2. The van der Waals surface area contributed by atoms with E-state index in [1.165, 1.54) is 4.90 Å². The molecule has 0 aliphatic heterocycles. The summed E-state index contributed by atoms with van der Waals surface area (Å²) in [5.41, 5.74) is 6.40. The van der Waals surface area contributed by atoms with Gasteiger partial charge >= 0.3 is 0 Å². The number of hydrogen-bond acceptors (Lipinski definition) is 4. The van der Waals surface area contributed by atoms with Crippen molar-refractivity contribution in [2.45, 2.75) is 64.7 Å². The van der Waals surface area contributed by atoms with Crippen molar-refractivity contribution in [1.82, 2.24) is 14.9 Å². The molecule has 130 valence electrons. The lowest BCUT2D eigenvalue weighted by atomic mass is 10.1. The molecule has 23 heavy (non-hydrogen) atoms. The smallest absolute Gasteiger partial charge is 0.229 e. The molecule has 1 heterocycles. The summed E-state index contributed by atoms with van der Waals surface area (Å²) in [5, 5.41) is 0. The van der Waals surface area contributed by atoms with Crippen LogP contribution in [0.1, 0.15) is 64.0 Å². The van der Waals surface area contributed by atoms with Gasteiger partial charge in [-0.3, -0.25) is 14.5 Å². The molecule has 1 aromatic rings. The van der Waals surface area contributed by atoms with E-state index in [1.807, 2.05) is 0 Å². The Balaban J connectivity index is 2.51. The van der Waals surface area contributed by atoms with Crippen LogP contribution < -0.4 is 5.73 Å². The molecule has 0 unspecified atom stereocenters. The Hall–Kier alpha value is -1.69. The molecule has 0 aliphatic rings. The number of nitrogens with zero attached hydrogens (tertiary/aromatic N) is 2. The van der Waals surface area contributed by atoms with Gasteiger partial charge in [0.15, 0.2) is 0 Å². The number of nitrogens with one attached hydrogen (secondary N) is 1. The minimum atomic E-state index is -0.0666. The molecule has 0 saturated carbocycles. The predicted molar refractivity (Wildman–Crippen MR) is 90.7 cm³/mol. The summed E-state index contributed by atoms with van der Waals surface area (Å²) < 4.78 is 0. The molecular weight excluding hydrogens is 292 g/mol. The van der Waals surface area contributed by atoms with Gasteiger partial charge in [0, 0.05) is 37.7 Å².